The molecular formula is C10H16N7O8S-. The molecule has 15 nitrogen and oxygen atoms in total. The third-order valence-electron chi connectivity index (χ3n) is 4.34. The number of ether oxygens (including phenoxy) is 1. The number of hydrogen-bond donors (Lipinski definition) is 7. The second-order valence-electron chi connectivity index (χ2n) is 5.87. The fourth-order valence-electron chi connectivity index (χ4n) is 3.33. The molecular weight excluding hydrogens is 378 g/mol. The Bertz CT molecular complexity index is 810. The number of nitrogens with one attached hydrogen (secondary N) is 1. The lowest BCUT2D eigenvalue weighted by atomic mass is 9.86. The van der Waals surface area contributed by atoms with Crippen LogP contribution < -0.4 is 21.9 Å². The Hall–Kier alpha value is -2.40. The summed E-state index contributed by atoms with van der Waals surface area (Å²) in [4.78, 5) is 9.19. The number of aliphatic hydroxyl groups is 3. The lowest BCUT2D eigenvalue weighted by molar-refractivity contribution is -0.259. The highest BCUT2D eigenvalue weighted by atomic mass is 32.2. The van der Waals surface area contributed by atoms with E-state index >= 15 is 0 Å². The molecule has 0 aromatic carbocycles. The molecule has 1 fully saturated rings. The number of rotatable bonds is 3. The first-order valence-electron chi connectivity index (χ1n) is 7.11. The molecule has 3 aliphatic heterocycles. The van der Waals surface area contributed by atoms with Crippen molar-refractivity contribution in [3.8, 4) is 0 Å². The highest BCUT2D eigenvalue weighted by molar-refractivity contribution is 7.84. The van der Waals surface area contributed by atoms with Crippen molar-refractivity contribution in [2.45, 2.75) is 29.6 Å². The number of aliphatic imine (C=N–C) groups is 2. The van der Waals surface area contributed by atoms with Gasteiger partial charge in [0, 0.05) is 6.61 Å². The van der Waals surface area contributed by atoms with E-state index in [2.05, 4.69) is 24.4 Å². The van der Waals surface area contributed by atoms with Gasteiger partial charge < -0.3 is 46.8 Å². The SMILES string of the molecule is NC1=N[C@H]2[C@H](COC([O-])=NS(=O)(=O)O)N=C(N)N3C[C@H](O)C(O)(O)[C@]23N1. The van der Waals surface area contributed by atoms with Crippen LogP contribution in [0.15, 0.2) is 14.4 Å². The van der Waals surface area contributed by atoms with E-state index in [1.54, 1.807) is 0 Å². The zero-order valence-electron chi connectivity index (χ0n) is 12.9. The molecule has 1 saturated heterocycles. The molecule has 16 heteroatoms. The maximum Gasteiger partial charge on any atom is 0.380 e. The zero-order chi connectivity index (χ0) is 19.5. The quantitative estimate of drug-likeness (QED) is 0.102. The summed E-state index contributed by atoms with van der Waals surface area (Å²) < 4.78 is 36.5. The number of aliphatic hydroxyl groups excluding tert-OH is 1. The van der Waals surface area contributed by atoms with Gasteiger partial charge in [-0.05, 0) is 0 Å². The number of nitrogens with zero attached hydrogens (tertiary/aromatic N) is 4. The van der Waals surface area contributed by atoms with Crippen molar-refractivity contribution in [2.24, 2.45) is 25.8 Å². The van der Waals surface area contributed by atoms with Crippen molar-refractivity contribution >= 4 is 28.3 Å². The molecule has 3 rings (SSSR count). The summed E-state index contributed by atoms with van der Waals surface area (Å²) in [6.07, 6.45) is -3.27. The van der Waals surface area contributed by atoms with Crippen molar-refractivity contribution in [3.63, 3.8) is 0 Å². The molecule has 4 atom stereocenters. The fourth-order valence-corrected chi connectivity index (χ4v) is 3.57. The van der Waals surface area contributed by atoms with Gasteiger partial charge in [-0.2, -0.15) is 8.42 Å². The molecule has 0 aromatic rings. The predicted molar refractivity (Wildman–Crippen MR) is 81.5 cm³/mol. The van der Waals surface area contributed by atoms with Crippen LogP contribution in [0.2, 0.25) is 0 Å². The van der Waals surface area contributed by atoms with Crippen LogP contribution >= 0.6 is 0 Å². The minimum absolute atomic E-state index is 0.203. The highest BCUT2D eigenvalue weighted by Crippen LogP contribution is 2.44. The molecule has 0 aliphatic carbocycles. The Morgan fingerprint density at radius 1 is 1.46 bits per heavy atom. The summed E-state index contributed by atoms with van der Waals surface area (Å²) in [5.74, 6) is -3.18. The topological polar surface area (TPSA) is 252 Å². The van der Waals surface area contributed by atoms with Crippen molar-refractivity contribution in [2.75, 3.05) is 13.2 Å². The van der Waals surface area contributed by atoms with Crippen LogP contribution in [0.1, 0.15) is 0 Å². The molecule has 26 heavy (non-hydrogen) atoms. The van der Waals surface area contributed by atoms with Crippen molar-refractivity contribution in [3.05, 3.63) is 0 Å². The van der Waals surface area contributed by atoms with Crippen LogP contribution in [0.25, 0.3) is 0 Å². The standard InChI is InChI=1S/C10H17N7O8S/c11-6-14-5-3(2-25-8(19)16-26(22,23)24)13-7(12)17-1-4(18)10(20,21)9(5,17)15-6/h3-5,18,20-21H,1-2H2,(H2,12,13)(H,16,19)(H3,11,14,15)(H,22,23,24)/p-1/t3-,4-,5-,9-/m0/s1. The lowest BCUT2D eigenvalue weighted by Crippen LogP contribution is -2.77. The van der Waals surface area contributed by atoms with E-state index in [0.29, 0.717) is 0 Å². The number of nitrogens with two attached hydrogens (primary N) is 2. The van der Waals surface area contributed by atoms with Crippen molar-refractivity contribution in [1.82, 2.24) is 10.2 Å². The largest absolute Gasteiger partial charge is 0.597 e. The van der Waals surface area contributed by atoms with Crippen LogP contribution in [0, 0.1) is 0 Å². The minimum Gasteiger partial charge on any atom is -0.597 e. The van der Waals surface area contributed by atoms with Gasteiger partial charge in [0.2, 0.25) is 5.79 Å². The second kappa shape index (κ2) is 5.55. The van der Waals surface area contributed by atoms with E-state index in [4.69, 9.17) is 16.0 Å². The number of guanidine groups is 2. The summed E-state index contributed by atoms with van der Waals surface area (Å²) >= 11 is 0. The van der Waals surface area contributed by atoms with Crippen LogP contribution in [-0.2, 0) is 15.0 Å². The normalized spacial score (nSPS) is 35.9. The molecule has 0 radical (unpaired) electrons. The predicted octanol–water partition coefficient (Wildman–Crippen LogP) is -6.44. The van der Waals surface area contributed by atoms with Gasteiger partial charge >= 0.3 is 10.3 Å². The third-order valence-corrected chi connectivity index (χ3v) is 4.72. The molecule has 3 heterocycles. The minimum atomic E-state index is -4.95. The Balaban J connectivity index is 1.93. The molecule has 1 spiro atoms. The van der Waals surface area contributed by atoms with E-state index in [9.17, 15) is 28.8 Å². The van der Waals surface area contributed by atoms with Crippen LogP contribution in [-0.4, -0.2) is 94.0 Å². The van der Waals surface area contributed by atoms with Crippen molar-refractivity contribution in [1.29, 1.82) is 0 Å². The van der Waals surface area contributed by atoms with Crippen molar-refractivity contribution < 1.29 is 38.1 Å². The summed E-state index contributed by atoms with van der Waals surface area (Å²) in [6.45, 7) is -0.914. The molecule has 9 N–H and O–H groups in total. The maximum absolute atomic E-state index is 11.3. The third kappa shape index (κ3) is 2.58. The zero-order valence-corrected chi connectivity index (χ0v) is 13.7. The van der Waals surface area contributed by atoms with Gasteiger partial charge in [-0.25, -0.2) is 9.98 Å². The molecule has 0 bridgehead atoms. The Morgan fingerprint density at radius 2 is 2.12 bits per heavy atom. The van der Waals surface area contributed by atoms with Gasteiger partial charge in [-0.1, -0.05) is 0 Å². The number of hydrogen-bond acceptors (Lipinski definition) is 13. The van der Waals surface area contributed by atoms with Crippen LogP contribution in [0.3, 0.4) is 0 Å². The summed E-state index contributed by atoms with van der Waals surface area (Å²) in [6, 6.07) is -2.29. The van der Waals surface area contributed by atoms with Gasteiger partial charge in [0.25, 0.3) is 0 Å². The molecule has 146 valence electrons. The molecule has 0 unspecified atom stereocenters. The smallest absolute Gasteiger partial charge is 0.380 e. The first-order valence-corrected chi connectivity index (χ1v) is 8.50. The monoisotopic (exact) mass is 394 g/mol. The average molecular weight is 394 g/mol. The Morgan fingerprint density at radius 3 is 2.73 bits per heavy atom. The first-order chi connectivity index (χ1) is 11.9. The molecule has 0 saturated carbocycles. The van der Waals surface area contributed by atoms with Gasteiger partial charge in [0.15, 0.2) is 23.7 Å². The maximum atomic E-state index is 11.3. The van der Waals surface area contributed by atoms with Gasteiger partial charge in [-0.3, -0.25) is 4.55 Å². The second-order valence-corrected chi connectivity index (χ2v) is 6.95. The highest BCUT2D eigenvalue weighted by Gasteiger charge is 2.72. The van der Waals surface area contributed by atoms with Gasteiger partial charge in [0.05, 0.1) is 12.6 Å². The van der Waals surface area contributed by atoms with Gasteiger partial charge in [0.1, 0.15) is 12.1 Å². The Kier molecular flexibility index (Phi) is 3.92. The molecule has 0 amide bonds. The lowest BCUT2D eigenvalue weighted by Gasteiger charge is -2.49. The van der Waals surface area contributed by atoms with Gasteiger partial charge in [-0.15, -0.1) is 4.40 Å². The van der Waals surface area contributed by atoms with E-state index in [-0.39, 0.29) is 18.5 Å². The van der Waals surface area contributed by atoms with E-state index < -0.39 is 52.6 Å². The summed E-state index contributed by atoms with van der Waals surface area (Å²) in [7, 11) is -4.95. The summed E-state index contributed by atoms with van der Waals surface area (Å²) in [5.41, 5.74) is 9.57. The van der Waals surface area contributed by atoms with E-state index in [1.165, 1.54) is 4.90 Å². The fraction of sp³-hybridized carbons (Fsp3) is 0.700. The molecule has 0 aromatic heterocycles. The molecule has 3 aliphatic rings. The summed E-state index contributed by atoms with van der Waals surface area (Å²) in [5, 5.41) is 44.7. The average Bonchev–Trinajstić information content (AvgIpc) is 2.93. The van der Waals surface area contributed by atoms with Crippen LogP contribution in [0.4, 0.5) is 0 Å². The van der Waals surface area contributed by atoms with Crippen LogP contribution in [0.5, 0.6) is 0 Å². The van der Waals surface area contributed by atoms with E-state index in [0.717, 1.165) is 0 Å². The van der Waals surface area contributed by atoms with E-state index in [1.807, 2.05) is 0 Å². The Labute approximate surface area is 146 Å². The first kappa shape index (κ1) is 18.4.